The van der Waals surface area contributed by atoms with Crippen LogP contribution in [0.1, 0.15) is 38.3 Å². The number of anilines is 1. The second-order valence-electron chi connectivity index (χ2n) is 5.99. The van der Waals surface area contributed by atoms with E-state index in [9.17, 15) is 10.1 Å². The Labute approximate surface area is 123 Å². The number of hydrogen-bond donors (Lipinski definition) is 1. The van der Waals surface area contributed by atoms with Gasteiger partial charge in [-0.2, -0.15) is 5.10 Å². The van der Waals surface area contributed by atoms with Crippen LogP contribution in [0.5, 0.6) is 0 Å². The van der Waals surface area contributed by atoms with Crippen molar-refractivity contribution >= 4 is 11.5 Å². The van der Waals surface area contributed by atoms with E-state index in [1.165, 1.54) is 12.8 Å². The van der Waals surface area contributed by atoms with E-state index in [-0.39, 0.29) is 16.7 Å². The van der Waals surface area contributed by atoms with Crippen molar-refractivity contribution in [3.63, 3.8) is 0 Å². The SMILES string of the molecule is CCc1nn(C)c(NC2CCOC(C3CC3)C2)c1[N+](=O)[O-]. The summed E-state index contributed by atoms with van der Waals surface area (Å²) in [5, 5.41) is 18.9. The Hall–Kier alpha value is -1.63. The molecule has 0 spiro atoms. The molecule has 0 amide bonds. The summed E-state index contributed by atoms with van der Waals surface area (Å²) in [6.45, 7) is 2.61. The molecule has 3 rings (SSSR count). The van der Waals surface area contributed by atoms with Gasteiger partial charge in [0, 0.05) is 19.7 Å². The van der Waals surface area contributed by atoms with E-state index in [1.807, 2.05) is 6.92 Å². The van der Waals surface area contributed by atoms with Gasteiger partial charge in [-0.3, -0.25) is 10.1 Å². The fraction of sp³-hybridized carbons (Fsp3) is 0.786. The number of aryl methyl sites for hydroxylation is 2. The van der Waals surface area contributed by atoms with Gasteiger partial charge in [-0.1, -0.05) is 6.92 Å². The predicted molar refractivity (Wildman–Crippen MR) is 78.3 cm³/mol. The van der Waals surface area contributed by atoms with Crippen LogP contribution in [-0.4, -0.2) is 33.5 Å². The third-order valence-corrected chi connectivity index (χ3v) is 4.41. The molecule has 1 aromatic rings. The number of nitro groups is 1. The summed E-state index contributed by atoms with van der Waals surface area (Å²) in [4.78, 5) is 11.0. The minimum atomic E-state index is -0.328. The fourth-order valence-electron chi connectivity index (χ4n) is 3.11. The summed E-state index contributed by atoms with van der Waals surface area (Å²) in [7, 11) is 1.76. The van der Waals surface area contributed by atoms with Crippen molar-refractivity contribution in [2.45, 2.75) is 51.2 Å². The molecule has 1 aliphatic carbocycles. The summed E-state index contributed by atoms with van der Waals surface area (Å²) in [6.07, 6.45) is 5.19. The second-order valence-corrected chi connectivity index (χ2v) is 5.99. The number of hydrogen-bond acceptors (Lipinski definition) is 5. The van der Waals surface area contributed by atoms with Crippen LogP contribution in [0.15, 0.2) is 0 Å². The van der Waals surface area contributed by atoms with Crippen molar-refractivity contribution in [1.82, 2.24) is 9.78 Å². The highest BCUT2D eigenvalue weighted by atomic mass is 16.6. The Morgan fingerprint density at radius 3 is 2.86 bits per heavy atom. The van der Waals surface area contributed by atoms with E-state index in [2.05, 4.69) is 10.4 Å². The number of aromatic nitrogens is 2. The van der Waals surface area contributed by atoms with Crippen LogP contribution < -0.4 is 5.32 Å². The van der Waals surface area contributed by atoms with Gasteiger partial charge in [-0.25, -0.2) is 4.68 Å². The zero-order valence-electron chi connectivity index (χ0n) is 12.5. The minimum absolute atomic E-state index is 0.120. The van der Waals surface area contributed by atoms with Crippen molar-refractivity contribution in [3.8, 4) is 0 Å². The van der Waals surface area contributed by atoms with Gasteiger partial charge in [-0.15, -0.1) is 0 Å². The van der Waals surface area contributed by atoms with Crippen LogP contribution in [0.25, 0.3) is 0 Å². The summed E-state index contributed by atoms with van der Waals surface area (Å²) in [5.74, 6) is 1.22. The molecule has 2 aliphatic rings. The summed E-state index contributed by atoms with van der Waals surface area (Å²) in [5.41, 5.74) is 0.658. The molecule has 2 atom stereocenters. The predicted octanol–water partition coefficient (Wildman–Crippen LogP) is 2.26. The third-order valence-electron chi connectivity index (χ3n) is 4.41. The van der Waals surface area contributed by atoms with E-state index in [0.29, 0.717) is 30.0 Å². The van der Waals surface area contributed by atoms with Crippen LogP contribution in [0, 0.1) is 16.0 Å². The van der Waals surface area contributed by atoms with Crippen LogP contribution in [-0.2, 0) is 18.2 Å². The smallest absolute Gasteiger partial charge is 0.333 e. The topological polar surface area (TPSA) is 82.2 Å². The Morgan fingerprint density at radius 1 is 1.48 bits per heavy atom. The number of rotatable bonds is 5. The van der Waals surface area contributed by atoms with E-state index in [0.717, 1.165) is 19.4 Å². The maximum Gasteiger partial charge on any atom is 0.333 e. The van der Waals surface area contributed by atoms with Gasteiger partial charge >= 0.3 is 5.69 Å². The summed E-state index contributed by atoms with van der Waals surface area (Å²) in [6, 6.07) is 0.225. The van der Waals surface area contributed by atoms with Gasteiger partial charge in [0.1, 0.15) is 5.69 Å². The maximum absolute atomic E-state index is 11.3. The molecule has 7 nitrogen and oxygen atoms in total. The lowest BCUT2D eigenvalue weighted by Crippen LogP contribution is -2.35. The molecule has 0 aromatic carbocycles. The van der Waals surface area contributed by atoms with Gasteiger partial charge < -0.3 is 10.1 Å². The highest BCUT2D eigenvalue weighted by Crippen LogP contribution is 2.39. The largest absolute Gasteiger partial charge is 0.378 e. The molecule has 1 aromatic heterocycles. The standard InChI is InChI=1S/C14H22N4O3/c1-3-11-13(18(19)20)14(17(2)16-11)15-10-6-7-21-12(8-10)9-4-5-9/h9-10,12,15H,3-8H2,1-2H3. The molecule has 2 fully saturated rings. The second kappa shape index (κ2) is 5.63. The van der Waals surface area contributed by atoms with Crippen molar-refractivity contribution < 1.29 is 9.66 Å². The highest BCUT2D eigenvalue weighted by Gasteiger charge is 2.37. The van der Waals surface area contributed by atoms with Gasteiger partial charge in [0.2, 0.25) is 5.82 Å². The van der Waals surface area contributed by atoms with E-state index < -0.39 is 0 Å². The molecule has 116 valence electrons. The first-order chi connectivity index (χ1) is 10.1. The van der Waals surface area contributed by atoms with Gasteiger partial charge in [0.15, 0.2) is 0 Å². The molecule has 2 unspecified atom stereocenters. The van der Waals surface area contributed by atoms with Crippen molar-refractivity contribution in [2.75, 3.05) is 11.9 Å². The normalized spacial score (nSPS) is 25.8. The quantitative estimate of drug-likeness (QED) is 0.665. The summed E-state index contributed by atoms with van der Waals surface area (Å²) < 4.78 is 7.40. The first-order valence-corrected chi connectivity index (χ1v) is 7.68. The van der Waals surface area contributed by atoms with E-state index in [1.54, 1.807) is 11.7 Å². The molecule has 1 saturated heterocycles. The molecule has 21 heavy (non-hydrogen) atoms. The molecular formula is C14H22N4O3. The number of ether oxygens (including phenoxy) is 1. The first-order valence-electron chi connectivity index (χ1n) is 7.68. The van der Waals surface area contributed by atoms with E-state index >= 15 is 0 Å². The lowest BCUT2D eigenvalue weighted by molar-refractivity contribution is -0.384. The molecular weight excluding hydrogens is 272 g/mol. The van der Waals surface area contributed by atoms with Gasteiger partial charge in [0.05, 0.1) is 11.0 Å². The fourth-order valence-corrected chi connectivity index (χ4v) is 3.11. The first kappa shape index (κ1) is 14.3. The van der Waals surface area contributed by atoms with Crippen LogP contribution in [0.3, 0.4) is 0 Å². The molecule has 7 heteroatoms. The molecule has 1 aliphatic heterocycles. The third kappa shape index (κ3) is 2.88. The average molecular weight is 294 g/mol. The summed E-state index contributed by atoms with van der Waals surface area (Å²) >= 11 is 0. The van der Waals surface area contributed by atoms with Gasteiger partial charge in [0.25, 0.3) is 0 Å². The van der Waals surface area contributed by atoms with Crippen molar-refractivity contribution in [1.29, 1.82) is 0 Å². The lowest BCUT2D eigenvalue weighted by Gasteiger charge is -2.30. The number of nitrogens with zero attached hydrogens (tertiary/aromatic N) is 3. The Kier molecular flexibility index (Phi) is 3.84. The van der Waals surface area contributed by atoms with Crippen molar-refractivity contribution in [3.05, 3.63) is 15.8 Å². The average Bonchev–Trinajstić information content (AvgIpc) is 3.25. The highest BCUT2D eigenvalue weighted by molar-refractivity contribution is 5.60. The van der Waals surface area contributed by atoms with Crippen LogP contribution >= 0.6 is 0 Å². The van der Waals surface area contributed by atoms with Crippen molar-refractivity contribution in [2.24, 2.45) is 13.0 Å². The van der Waals surface area contributed by atoms with Crippen LogP contribution in [0.4, 0.5) is 11.5 Å². The lowest BCUT2D eigenvalue weighted by atomic mass is 10.00. The zero-order valence-corrected chi connectivity index (χ0v) is 12.5. The molecule has 0 radical (unpaired) electrons. The molecule has 1 N–H and O–H groups in total. The van der Waals surface area contributed by atoms with E-state index in [4.69, 9.17) is 4.74 Å². The van der Waals surface area contributed by atoms with Gasteiger partial charge in [-0.05, 0) is 38.0 Å². The minimum Gasteiger partial charge on any atom is -0.378 e. The monoisotopic (exact) mass is 294 g/mol. The molecule has 0 bridgehead atoms. The number of nitrogens with one attached hydrogen (secondary N) is 1. The van der Waals surface area contributed by atoms with Crippen LogP contribution in [0.2, 0.25) is 0 Å². The Morgan fingerprint density at radius 2 is 2.24 bits per heavy atom. The Balaban J connectivity index is 1.77. The zero-order chi connectivity index (χ0) is 15.0. The Bertz CT molecular complexity index is 539. The molecule has 2 heterocycles. The molecule has 1 saturated carbocycles. The maximum atomic E-state index is 11.3.